The Morgan fingerprint density at radius 3 is 2.23 bits per heavy atom. The molecule has 2 heterocycles. The largest absolute Gasteiger partial charge is 0.489 e. The van der Waals surface area contributed by atoms with Crippen molar-refractivity contribution in [3.63, 3.8) is 0 Å². The Kier molecular flexibility index (Phi) is 12.0. The summed E-state index contributed by atoms with van der Waals surface area (Å²) in [6, 6.07) is 38.2. The number of halogens is 2. The molecule has 3 atom stereocenters. The first-order valence-corrected chi connectivity index (χ1v) is 20.4. The van der Waals surface area contributed by atoms with Gasteiger partial charge in [-0.15, -0.1) is 0 Å². The fraction of sp³-hybridized carbons (Fsp3) is 0.184. The molecule has 12 heteroatoms. The molecule has 2 aliphatic rings. The number of hydrogen-bond donors (Lipinski definition) is 2. The van der Waals surface area contributed by atoms with Gasteiger partial charge in [-0.2, -0.15) is 5.26 Å². The fourth-order valence-corrected chi connectivity index (χ4v) is 7.90. The number of fused-ring (bicyclic) bond motifs is 2. The molecule has 1 unspecified atom stereocenters. The summed E-state index contributed by atoms with van der Waals surface area (Å²) in [5.74, 6) is -0.420. The van der Waals surface area contributed by atoms with Crippen molar-refractivity contribution in [3.05, 3.63) is 182 Å². The number of aliphatic carboxylic acids is 1. The van der Waals surface area contributed by atoms with Crippen molar-refractivity contribution in [2.24, 2.45) is 0 Å². The van der Waals surface area contributed by atoms with E-state index in [0.29, 0.717) is 50.6 Å². The van der Waals surface area contributed by atoms with Gasteiger partial charge in [0.2, 0.25) is 5.91 Å². The van der Waals surface area contributed by atoms with Gasteiger partial charge in [0.25, 0.3) is 5.91 Å². The molecule has 2 amide bonds. The van der Waals surface area contributed by atoms with Crippen LogP contribution < -0.4 is 19.5 Å². The minimum atomic E-state index is -1.26. The maximum absolute atomic E-state index is 14.3. The number of nitriles is 1. The van der Waals surface area contributed by atoms with Gasteiger partial charge in [0.1, 0.15) is 31.0 Å². The highest BCUT2D eigenvalue weighted by Gasteiger charge is 2.38. The van der Waals surface area contributed by atoms with Crippen molar-refractivity contribution >= 4 is 41.0 Å². The van der Waals surface area contributed by atoms with Gasteiger partial charge in [-0.3, -0.25) is 9.59 Å². The van der Waals surface area contributed by atoms with E-state index in [9.17, 15) is 19.5 Å². The standard InChI is InChI=1S/C49H39Cl2N3O7/c1-29-4-2-3-5-39(29)48(56)54-26-37-24-45-44(60-28-46(61-45)35-15-17-38(18-16-35)59-27-32-10-19-40(50)41(51)20-32)23-36(37)22-43(54)47(55)53-42(49(57)58)21-30-6-11-33(12-7-30)34-13-8-31(25-52)9-14-34/h2-20,23-24,42-43,46H,21-22,26-28H2,1H3,(H,53,55)(H,57,58)/t42-,43-,46?/m0/s1. The third-order valence-electron chi connectivity index (χ3n) is 11.0. The van der Waals surface area contributed by atoms with Gasteiger partial charge in [0.05, 0.1) is 21.7 Å². The predicted octanol–water partition coefficient (Wildman–Crippen LogP) is 9.31. The van der Waals surface area contributed by atoms with Crippen LogP contribution in [0.1, 0.15) is 55.4 Å². The van der Waals surface area contributed by atoms with Gasteiger partial charge in [-0.05, 0) is 106 Å². The number of carbonyl (C=O) groups excluding carboxylic acids is 2. The quantitative estimate of drug-likeness (QED) is 0.132. The normalized spacial score (nSPS) is 15.8. The third-order valence-corrected chi connectivity index (χ3v) is 11.7. The molecule has 0 bridgehead atoms. The number of ether oxygens (including phenoxy) is 3. The predicted molar refractivity (Wildman–Crippen MR) is 231 cm³/mol. The topological polar surface area (TPSA) is 138 Å². The number of hydrogen-bond acceptors (Lipinski definition) is 7. The number of carboxylic acids is 1. The summed E-state index contributed by atoms with van der Waals surface area (Å²) in [5.41, 5.74) is 7.63. The highest BCUT2D eigenvalue weighted by molar-refractivity contribution is 6.42. The maximum Gasteiger partial charge on any atom is 0.326 e. The summed E-state index contributed by atoms with van der Waals surface area (Å²) in [5, 5.41) is 23.1. The molecule has 0 aliphatic carbocycles. The molecule has 61 heavy (non-hydrogen) atoms. The molecule has 0 radical (unpaired) electrons. The molecule has 6 aromatic rings. The minimum absolute atomic E-state index is 0.0259. The van der Waals surface area contributed by atoms with Crippen LogP contribution in [0.4, 0.5) is 0 Å². The second kappa shape index (κ2) is 17.8. The molecular weight excluding hydrogens is 813 g/mol. The molecule has 2 aliphatic heterocycles. The Labute approximate surface area is 362 Å². The molecule has 0 saturated heterocycles. The fourth-order valence-electron chi connectivity index (χ4n) is 7.58. The highest BCUT2D eigenvalue weighted by atomic mass is 35.5. The number of aryl methyl sites for hydroxylation is 1. The molecule has 0 aromatic heterocycles. The second-order valence-corrected chi connectivity index (χ2v) is 15.9. The van der Waals surface area contributed by atoms with Crippen LogP contribution in [0.3, 0.4) is 0 Å². The van der Waals surface area contributed by atoms with E-state index in [2.05, 4.69) is 11.4 Å². The van der Waals surface area contributed by atoms with Crippen molar-refractivity contribution in [3.8, 4) is 34.4 Å². The summed E-state index contributed by atoms with van der Waals surface area (Å²) in [6.45, 7) is 2.48. The van der Waals surface area contributed by atoms with Gasteiger partial charge in [-0.1, -0.05) is 96.0 Å². The summed E-state index contributed by atoms with van der Waals surface area (Å²) >= 11 is 12.2. The summed E-state index contributed by atoms with van der Waals surface area (Å²) in [7, 11) is 0. The molecule has 2 N–H and O–H groups in total. The van der Waals surface area contributed by atoms with Crippen LogP contribution in [-0.4, -0.2) is 46.5 Å². The van der Waals surface area contributed by atoms with E-state index < -0.39 is 30.1 Å². The van der Waals surface area contributed by atoms with Crippen LogP contribution in [0.2, 0.25) is 10.0 Å². The Hall–Kier alpha value is -6.80. The van der Waals surface area contributed by atoms with Gasteiger partial charge in [0, 0.05) is 24.9 Å². The Balaban J connectivity index is 0.987. The van der Waals surface area contributed by atoms with Gasteiger partial charge >= 0.3 is 5.97 Å². The average Bonchev–Trinajstić information content (AvgIpc) is 3.28. The van der Waals surface area contributed by atoms with Crippen LogP contribution in [-0.2, 0) is 35.6 Å². The Morgan fingerprint density at radius 1 is 0.852 bits per heavy atom. The number of rotatable bonds is 11. The van der Waals surface area contributed by atoms with E-state index in [0.717, 1.165) is 38.9 Å². The SMILES string of the molecule is Cc1ccccc1C(=O)N1Cc2cc3c(cc2C[C@H]1C(=O)N[C@@H](Cc1ccc(-c2ccc(C#N)cc2)cc1)C(=O)O)OCC(c1ccc(OCc2ccc(Cl)c(Cl)c2)cc1)O3. The lowest BCUT2D eigenvalue weighted by Crippen LogP contribution is -2.56. The van der Waals surface area contributed by atoms with E-state index in [4.69, 9.17) is 42.7 Å². The summed E-state index contributed by atoms with van der Waals surface area (Å²) < 4.78 is 18.7. The number of nitrogens with one attached hydrogen (secondary N) is 1. The van der Waals surface area contributed by atoms with Gasteiger partial charge in [0.15, 0.2) is 17.6 Å². The molecule has 6 aromatic carbocycles. The molecule has 0 spiro atoms. The lowest BCUT2D eigenvalue weighted by Gasteiger charge is -2.38. The van der Waals surface area contributed by atoms with E-state index in [1.54, 1.807) is 36.4 Å². The first-order chi connectivity index (χ1) is 29.5. The zero-order valence-corrected chi connectivity index (χ0v) is 34.5. The average molecular weight is 853 g/mol. The number of nitrogens with zero attached hydrogens (tertiary/aromatic N) is 2. The van der Waals surface area contributed by atoms with Crippen molar-refractivity contribution in [2.75, 3.05) is 6.61 Å². The smallest absolute Gasteiger partial charge is 0.326 e. The van der Waals surface area contributed by atoms with Crippen LogP contribution >= 0.6 is 23.2 Å². The first kappa shape index (κ1) is 41.0. The van der Waals surface area contributed by atoms with Crippen LogP contribution in [0.25, 0.3) is 11.1 Å². The minimum Gasteiger partial charge on any atom is -0.489 e. The first-order valence-electron chi connectivity index (χ1n) is 19.6. The van der Waals surface area contributed by atoms with Gasteiger partial charge in [-0.25, -0.2) is 4.79 Å². The molecule has 10 nitrogen and oxygen atoms in total. The maximum atomic E-state index is 14.3. The van der Waals surface area contributed by atoms with Gasteiger partial charge < -0.3 is 29.5 Å². The monoisotopic (exact) mass is 851 g/mol. The zero-order valence-electron chi connectivity index (χ0n) is 32.9. The number of benzene rings is 6. The van der Waals surface area contributed by atoms with E-state index in [1.807, 2.05) is 97.9 Å². The van der Waals surface area contributed by atoms with Crippen molar-refractivity contribution < 1.29 is 33.7 Å². The number of carboxylic acid groups (broad SMARTS) is 1. The Morgan fingerprint density at radius 2 is 1.54 bits per heavy atom. The van der Waals surface area contributed by atoms with E-state index in [-0.39, 0.29) is 31.9 Å². The molecular formula is C49H39Cl2N3O7. The molecule has 306 valence electrons. The highest BCUT2D eigenvalue weighted by Crippen LogP contribution is 2.41. The molecule has 0 saturated carbocycles. The number of amides is 2. The zero-order chi connectivity index (χ0) is 42.6. The second-order valence-electron chi connectivity index (χ2n) is 15.0. The lowest BCUT2D eigenvalue weighted by atomic mass is 9.91. The third kappa shape index (κ3) is 9.19. The van der Waals surface area contributed by atoms with Crippen molar-refractivity contribution in [2.45, 2.75) is 51.1 Å². The summed E-state index contributed by atoms with van der Waals surface area (Å²) in [6.07, 6.45) is -0.256. The molecule has 8 rings (SSSR count). The number of carbonyl (C=O) groups is 3. The van der Waals surface area contributed by atoms with Crippen LogP contribution in [0.5, 0.6) is 17.2 Å². The summed E-state index contributed by atoms with van der Waals surface area (Å²) in [4.78, 5) is 42.6. The lowest BCUT2D eigenvalue weighted by molar-refractivity contribution is -0.142. The van der Waals surface area contributed by atoms with Crippen LogP contribution in [0, 0.1) is 18.3 Å². The van der Waals surface area contributed by atoms with Crippen molar-refractivity contribution in [1.29, 1.82) is 5.26 Å². The van der Waals surface area contributed by atoms with Crippen molar-refractivity contribution in [1.82, 2.24) is 10.2 Å². The molecule has 0 fully saturated rings. The van der Waals surface area contributed by atoms with E-state index in [1.165, 1.54) is 4.90 Å². The Bertz CT molecular complexity index is 2660. The van der Waals surface area contributed by atoms with E-state index >= 15 is 0 Å². The van der Waals surface area contributed by atoms with Crippen LogP contribution in [0.15, 0.2) is 127 Å².